The number of hydrogen-bond donors (Lipinski definition) is 1. The Bertz CT molecular complexity index is 739. The smallest absolute Gasteiger partial charge is 0.142 e. The van der Waals surface area contributed by atoms with E-state index in [9.17, 15) is 5.11 Å². The topological polar surface area (TPSA) is 51.0 Å². The van der Waals surface area contributed by atoms with Crippen molar-refractivity contribution in [3.8, 4) is 5.75 Å². The van der Waals surface area contributed by atoms with Gasteiger partial charge in [-0.2, -0.15) is 0 Å². The van der Waals surface area contributed by atoms with Crippen molar-refractivity contribution in [2.24, 2.45) is 11.1 Å². The van der Waals surface area contributed by atoms with Crippen molar-refractivity contribution in [3.05, 3.63) is 65.2 Å². The van der Waals surface area contributed by atoms with E-state index in [-0.39, 0.29) is 0 Å². The summed E-state index contributed by atoms with van der Waals surface area (Å²) in [4.78, 5) is 5.50. The summed E-state index contributed by atoms with van der Waals surface area (Å²) in [5, 5.41) is 13.5. The van der Waals surface area contributed by atoms with Crippen molar-refractivity contribution in [1.82, 2.24) is 0 Å². The summed E-state index contributed by atoms with van der Waals surface area (Å²) >= 11 is 0. The fourth-order valence-corrected chi connectivity index (χ4v) is 3.56. The minimum atomic E-state index is 0.310. The van der Waals surface area contributed by atoms with E-state index in [0.717, 1.165) is 35.4 Å². The zero-order valence-corrected chi connectivity index (χ0v) is 15.5. The van der Waals surface area contributed by atoms with Gasteiger partial charge < -0.3 is 14.7 Å². The largest absolute Gasteiger partial charge is 0.497 e. The number of hydrogen-bond acceptors (Lipinski definition) is 4. The third-order valence-corrected chi connectivity index (χ3v) is 5.17. The number of ether oxygens (including phenoxy) is 1. The molecule has 0 amide bonds. The van der Waals surface area contributed by atoms with Crippen LogP contribution < -0.4 is 4.74 Å². The lowest BCUT2D eigenvalue weighted by molar-refractivity contribution is 0.130. The number of benzene rings is 2. The fourth-order valence-electron chi connectivity index (χ4n) is 3.56. The average Bonchev–Trinajstić information content (AvgIpc) is 3.17. The van der Waals surface area contributed by atoms with Crippen molar-refractivity contribution in [2.45, 2.75) is 38.7 Å². The highest BCUT2D eigenvalue weighted by Crippen LogP contribution is 2.37. The van der Waals surface area contributed by atoms with Crippen LogP contribution >= 0.6 is 0 Å². The molecule has 2 aromatic carbocycles. The Balaban J connectivity index is 1.57. The van der Waals surface area contributed by atoms with Crippen LogP contribution in [0.4, 0.5) is 0 Å². The first kappa shape index (κ1) is 18.5. The Kier molecular flexibility index (Phi) is 6.29. The van der Waals surface area contributed by atoms with Gasteiger partial charge in [0.2, 0.25) is 0 Å². The maximum Gasteiger partial charge on any atom is 0.142 e. The molecule has 138 valence electrons. The molecule has 1 fully saturated rings. The van der Waals surface area contributed by atoms with Gasteiger partial charge in [-0.25, -0.2) is 0 Å². The molecule has 0 radical (unpaired) electrons. The molecule has 0 bridgehead atoms. The van der Waals surface area contributed by atoms with E-state index in [0.29, 0.717) is 25.0 Å². The quantitative estimate of drug-likeness (QED) is 0.588. The van der Waals surface area contributed by atoms with E-state index in [4.69, 9.17) is 9.57 Å². The van der Waals surface area contributed by atoms with E-state index in [1.165, 1.54) is 12.0 Å². The van der Waals surface area contributed by atoms with Gasteiger partial charge >= 0.3 is 0 Å². The van der Waals surface area contributed by atoms with E-state index < -0.39 is 0 Å². The van der Waals surface area contributed by atoms with Crippen LogP contribution in [-0.4, -0.2) is 24.5 Å². The van der Waals surface area contributed by atoms with E-state index in [2.05, 4.69) is 29.4 Å². The van der Waals surface area contributed by atoms with E-state index >= 15 is 0 Å². The van der Waals surface area contributed by atoms with Crippen LogP contribution in [0, 0.1) is 5.92 Å². The van der Waals surface area contributed by atoms with Crippen LogP contribution in [-0.2, 0) is 11.4 Å². The maximum absolute atomic E-state index is 9.31. The molecule has 1 N–H and O–H groups in total. The van der Waals surface area contributed by atoms with Gasteiger partial charge in [-0.1, -0.05) is 41.6 Å². The predicted molar refractivity (Wildman–Crippen MR) is 104 cm³/mol. The second kappa shape index (κ2) is 8.86. The van der Waals surface area contributed by atoms with Gasteiger partial charge in [-0.15, -0.1) is 0 Å². The average molecular weight is 353 g/mol. The highest BCUT2D eigenvalue weighted by molar-refractivity contribution is 5.98. The first-order chi connectivity index (χ1) is 12.7. The zero-order valence-electron chi connectivity index (χ0n) is 15.5. The number of methoxy groups -OCH3 is 1. The molecule has 0 heterocycles. The number of rotatable bonds is 7. The SMILES string of the molecule is COc1cccc(CO/N=C(\C)c2ccc([C@@H]3CC[C@H](CO)C3)cc2)c1. The molecule has 0 aliphatic heterocycles. The number of aliphatic hydroxyl groups is 1. The summed E-state index contributed by atoms with van der Waals surface area (Å²) in [5.41, 5.74) is 4.31. The van der Waals surface area contributed by atoms with Gasteiger partial charge in [0.25, 0.3) is 0 Å². The molecule has 2 aromatic rings. The van der Waals surface area contributed by atoms with Crippen molar-refractivity contribution in [1.29, 1.82) is 0 Å². The Labute approximate surface area is 155 Å². The monoisotopic (exact) mass is 353 g/mol. The van der Waals surface area contributed by atoms with Crippen LogP contribution in [0.5, 0.6) is 5.75 Å². The van der Waals surface area contributed by atoms with Crippen LogP contribution in [0.25, 0.3) is 0 Å². The van der Waals surface area contributed by atoms with Crippen LogP contribution in [0.3, 0.4) is 0 Å². The summed E-state index contributed by atoms with van der Waals surface area (Å²) in [6.45, 7) is 2.68. The van der Waals surface area contributed by atoms with Crippen LogP contribution in [0.1, 0.15) is 48.8 Å². The standard InChI is InChI=1S/C22H27NO3/c1-16(23-26-15-18-4-3-5-22(13-18)25-2)19-8-10-20(11-9-19)21-7-6-17(12-21)14-24/h3-5,8-11,13,17,21,24H,6-7,12,14-15H2,1-2H3/b23-16+/t17-,21+/m0/s1. The molecule has 0 spiro atoms. The molecule has 0 saturated heterocycles. The van der Waals surface area contributed by atoms with Gasteiger partial charge in [0.05, 0.1) is 12.8 Å². The Morgan fingerprint density at radius 3 is 2.65 bits per heavy atom. The summed E-state index contributed by atoms with van der Waals surface area (Å²) in [5.74, 6) is 1.86. The van der Waals surface area contributed by atoms with E-state index in [1.807, 2.05) is 31.2 Å². The second-order valence-electron chi connectivity index (χ2n) is 6.98. The van der Waals surface area contributed by atoms with Gasteiger partial charge in [-0.3, -0.25) is 0 Å². The highest BCUT2D eigenvalue weighted by Gasteiger charge is 2.25. The highest BCUT2D eigenvalue weighted by atomic mass is 16.6. The zero-order chi connectivity index (χ0) is 18.4. The first-order valence-corrected chi connectivity index (χ1v) is 9.20. The van der Waals surface area contributed by atoms with Crippen molar-refractivity contribution in [2.75, 3.05) is 13.7 Å². The molecule has 0 aromatic heterocycles. The van der Waals surface area contributed by atoms with Gasteiger partial charge in [0.1, 0.15) is 12.4 Å². The number of aliphatic hydroxyl groups excluding tert-OH is 1. The molecule has 1 aliphatic carbocycles. The lowest BCUT2D eigenvalue weighted by Gasteiger charge is -2.11. The fraction of sp³-hybridized carbons (Fsp3) is 0.409. The summed E-state index contributed by atoms with van der Waals surface area (Å²) in [7, 11) is 1.65. The Morgan fingerprint density at radius 2 is 1.96 bits per heavy atom. The molecular formula is C22H27NO3. The summed E-state index contributed by atoms with van der Waals surface area (Å²) < 4.78 is 5.21. The minimum absolute atomic E-state index is 0.310. The second-order valence-corrected chi connectivity index (χ2v) is 6.98. The molecule has 1 saturated carbocycles. The van der Waals surface area contributed by atoms with E-state index in [1.54, 1.807) is 7.11 Å². The Hall–Kier alpha value is -2.33. The van der Waals surface area contributed by atoms with Gasteiger partial charge in [0, 0.05) is 6.61 Å². The molecule has 0 unspecified atom stereocenters. The molecule has 2 atom stereocenters. The van der Waals surface area contributed by atoms with Gasteiger partial charge in [0.15, 0.2) is 0 Å². The minimum Gasteiger partial charge on any atom is -0.497 e. The third kappa shape index (κ3) is 4.64. The molecule has 4 heteroatoms. The number of nitrogens with zero attached hydrogens (tertiary/aromatic N) is 1. The third-order valence-electron chi connectivity index (χ3n) is 5.17. The molecular weight excluding hydrogens is 326 g/mol. The lowest BCUT2D eigenvalue weighted by atomic mass is 9.95. The summed E-state index contributed by atoms with van der Waals surface area (Å²) in [6.07, 6.45) is 3.38. The lowest BCUT2D eigenvalue weighted by Crippen LogP contribution is -2.01. The maximum atomic E-state index is 9.31. The predicted octanol–water partition coefficient (Wildman–Crippen LogP) is 4.51. The van der Waals surface area contributed by atoms with Crippen molar-refractivity contribution >= 4 is 5.71 Å². The Morgan fingerprint density at radius 1 is 1.15 bits per heavy atom. The van der Waals surface area contributed by atoms with Crippen molar-refractivity contribution in [3.63, 3.8) is 0 Å². The van der Waals surface area contributed by atoms with Crippen LogP contribution in [0.15, 0.2) is 53.7 Å². The van der Waals surface area contributed by atoms with Gasteiger partial charge in [-0.05, 0) is 66.8 Å². The first-order valence-electron chi connectivity index (χ1n) is 9.20. The number of oxime groups is 1. The molecule has 4 nitrogen and oxygen atoms in total. The molecule has 1 aliphatic rings. The molecule has 3 rings (SSSR count). The van der Waals surface area contributed by atoms with Crippen LogP contribution in [0.2, 0.25) is 0 Å². The van der Waals surface area contributed by atoms with Crippen molar-refractivity contribution < 1.29 is 14.7 Å². The molecule has 26 heavy (non-hydrogen) atoms. The normalized spacial score (nSPS) is 20.2. The summed E-state index contributed by atoms with van der Waals surface area (Å²) in [6, 6.07) is 16.4.